The molecule has 0 aliphatic carbocycles. The molecule has 113 heavy (non-hydrogen) atoms. The van der Waals surface area contributed by atoms with Crippen molar-refractivity contribution in [2.24, 2.45) is 0 Å². The van der Waals surface area contributed by atoms with Crippen LogP contribution in [0.2, 0.25) is 10.0 Å². The van der Waals surface area contributed by atoms with E-state index in [1.54, 1.807) is 81.9 Å². The minimum Gasteiger partial charge on any atom is -0.324 e. The normalized spacial score (nSPS) is 10.5. The third-order valence-electron chi connectivity index (χ3n) is 17.4. The van der Waals surface area contributed by atoms with E-state index >= 15 is 0 Å². The predicted octanol–water partition coefficient (Wildman–Crippen LogP) is 25.5. The molecule has 0 aliphatic heterocycles. The van der Waals surface area contributed by atoms with E-state index in [4.69, 9.17) is 38.2 Å². The third kappa shape index (κ3) is 19.1. The van der Waals surface area contributed by atoms with Gasteiger partial charge in [-0.1, -0.05) is 180 Å². The van der Waals surface area contributed by atoms with Gasteiger partial charge in [-0.05, 0) is 160 Å². The van der Waals surface area contributed by atoms with Gasteiger partial charge in [-0.3, -0.25) is 0 Å². The highest BCUT2D eigenvalue weighted by molar-refractivity contribution is 8.00. The molecule has 0 aliphatic rings. The van der Waals surface area contributed by atoms with Crippen molar-refractivity contribution in [3.8, 4) is 111 Å². The summed E-state index contributed by atoms with van der Waals surface area (Å²) in [5.74, 6) is 2.08. The molecule has 8 heterocycles. The van der Waals surface area contributed by atoms with Crippen molar-refractivity contribution >= 4 is 127 Å². The summed E-state index contributed by atoms with van der Waals surface area (Å²) in [6.45, 7) is 10.0. The summed E-state index contributed by atoms with van der Waals surface area (Å²) >= 11 is 20.0. The Kier molecular flexibility index (Phi) is 25.7. The Morgan fingerprint density at radius 3 is 0.788 bits per heavy atom. The van der Waals surface area contributed by atoms with E-state index in [1.165, 1.54) is 11.1 Å². The van der Waals surface area contributed by atoms with Crippen LogP contribution in [-0.4, -0.2) is 46.1 Å². The van der Waals surface area contributed by atoms with Crippen molar-refractivity contribution in [3.05, 3.63) is 325 Å². The van der Waals surface area contributed by atoms with Crippen molar-refractivity contribution in [1.82, 2.24) is 39.9 Å². The van der Waals surface area contributed by atoms with E-state index in [0.29, 0.717) is 56.1 Å². The Morgan fingerprint density at radius 2 is 0.540 bits per heavy atom. The molecular formula is C90H66Cl2N16S5. The van der Waals surface area contributed by atoms with E-state index in [0.717, 1.165) is 128 Å². The molecule has 16 rings (SSSR count). The summed E-state index contributed by atoms with van der Waals surface area (Å²) in [7, 11) is 0. The number of halogens is 2. The van der Waals surface area contributed by atoms with Crippen LogP contribution in [0.25, 0.3) is 86.8 Å². The average molecular weight is 1600 g/mol. The summed E-state index contributed by atoms with van der Waals surface area (Å²) < 4.78 is 0.962. The van der Waals surface area contributed by atoms with Gasteiger partial charge in [0.1, 0.15) is 24.3 Å². The minimum atomic E-state index is 0.508. The summed E-state index contributed by atoms with van der Waals surface area (Å²) in [6, 6.07) is 87.7. The highest BCUT2D eigenvalue weighted by Crippen LogP contribution is 2.48. The fourth-order valence-electron chi connectivity index (χ4n) is 12.0. The topological polar surface area (TPSA) is 246 Å². The molecule has 0 atom stereocenters. The molecule has 8 aromatic heterocycles. The summed E-state index contributed by atoms with van der Waals surface area (Å²) in [5, 5.41) is 53.2. The van der Waals surface area contributed by atoms with Crippen molar-refractivity contribution in [2.45, 2.75) is 38.8 Å². The SMILES string of the molecule is CSc1sc(-c2ccnc(Nc3ccccc3)n2)c(-c2ccc(Cl)cc2)c1C#N.Cc1ccc(-c2c(-c3ccnc(Nc4ccccc4)n3)sc(C)c2C#N)cc1.Cc1ccc(-c2c(-c3ccnc(Nc4ccccc4)n3)sc(C)c2C#N)cc1.Cc1sc(-c2ccnc(Nc3ccccc3)n2)c(-c2ccc(Cl)cc2)c1C#N. The first kappa shape index (κ1) is 78.1. The monoisotopic (exact) mass is 1600 g/mol. The number of nitrogens with one attached hydrogen (secondary N) is 4. The maximum absolute atomic E-state index is 9.83. The number of rotatable bonds is 17. The number of hydrogen-bond donors (Lipinski definition) is 4. The molecule has 0 bridgehead atoms. The molecular weight excluding hydrogens is 1540 g/mol. The first-order valence-electron chi connectivity index (χ1n) is 35.2. The fraction of sp³-hybridized carbons (Fsp3) is 0.0667. The van der Waals surface area contributed by atoms with Crippen LogP contribution in [0.1, 0.15) is 48.0 Å². The van der Waals surface area contributed by atoms with Gasteiger partial charge in [-0.2, -0.15) is 21.0 Å². The average Bonchev–Trinajstić information content (AvgIpc) is 1.66. The number of nitriles is 4. The molecule has 4 N–H and O–H groups in total. The second kappa shape index (κ2) is 37.1. The highest BCUT2D eigenvalue weighted by atomic mass is 35.5. The standard InChI is InChI=1S/2C23H18N4S.C22H15ClN4S2.C22H15ClN4S/c2*1-15-8-10-17(11-9-15)21-19(14-24)16(2)28-22(21)20-12-13-25-23(27-20)26-18-6-4-3-5-7-18;1-28-21-17(13-24)19(14-7-9-15(23)10-8-14)20(29-21)18-11-12-25-22(27-18)26-16-5-3-2-4-6-16;1-14-18(13-24)20(15-7-9-16(23)10-8-15)21(28-14)19-11-12-25-22(27-19)26-17-5-3-2-4-6-17/h2*3-13H,1-2H3,(H,25,26,27);2-12H,1H3,(H,25,26,27);2-12H,1H3,(H,25,26,27). The first-order valence-corrected chi connectivity index (χ1v) is 40.4. The van der Waals surface area contributed by atoms with Crippen LogP contribution in [0.4, 0.5) is 46.5 Å². The van der Waals surface area contributed by atoms with Gasteiger partial charge in [0.15, 0.2) is 0 Å². The highest BCUT2D eigenvalue weighted by Gasteiger charge is 2.26. The predicted molar refractivity (Wildman–Crippen MR) is 466 cm³/mol. The Morgan fingerprint density at radius 1 is 0.301 bits per heavy atom. The van der Waals surface area contributed by atoms with Crippen molar-refractivity contribution in [2.75, 3.05) is 27.5 Å². The number of anilines is 8. The second-order valence-electron chi connectivity index (χ2n) is 25.1. The van der Waals surface area contributed by atoms with E-state index in [9.17, 15) is 21.0 Å². The molecule has 0 amide bonds. The van der Waals surface area contributed by atoms with Crippen LogP contribution in [0.15, 0.2) is 272 Å². The van der Waals surface area contributed by atoms with Crippen molar-refractivity contribution in [3.63, 3.8) is 0 Å². The molecule has 550 valence electrons. The second-order valence-corrected chi connectivity index (χ2v) is 31.7. The quantitative estimate of drug-likeness (QED) is 0.0619. The van der Waals surface area contributed by atoms with E-state index in [-0.39, 0.29) is 0 Å². The molecule has 0 unspecified atom stereocenters. The van der Waals surface area contributed by atoms with Crippen LogP contribution in [0, 0.1) is 79.9 Å². The zero-order valence-corrected chi connectivity index (χ0v) is 67.2. The Balaban J connectivity index is 0.000000132. The van der Waals surface area contributed by atoms with E-state index < -0.39 is 0 Å². The fourth-order valence-corrected chi connectivity index (χ4v) is 17.4. The Hall–Kier alpha value is -13.0. The third-order valence-corrected chi connectivity index (χ3v) is 23.6. The number of nitrogens with zero attached hydrogens (tertiary/aromatic N) is 12. The van der Waals surface area contributed by atoms with Gasteiger partial charge in [0, 0.05) is 94.5 Å². The number of benzene rings is 8. The summed E-state index contributed by atoms with van der Waals surface area (Å²) in [5.41, 5.74) is 19.5. The maximum Gasteiger partial charge on any atom is 0.227 e. The lowest BCUT2D eigenvalue weighted by atomic mass is 9.99. The van der Waals surface area contributed by atoms with Crippen LogP contribution in [0.3, 0.4) is 0 Å². The van der Waals surface area contributed by atoms with E-state index in [2.05, 4.69) is 133 Å². The minimum absolute atomic E-state index is 0.508. The Bertz CT molecular complexity index is 5720. The molecule has 23 heteroatoms. The van der Waals surface area contributed by atoms with Gasteiger partial charge in [-0.15, -0.1) is 57.1 Å². The van der Waals surface area contributed by atoms with Crippen molar-refractivity contribution < 1.29 is 0 Å². The summed E-state index contributed by atoms with van der Waals surface area (Å²) in [6.07, 6.45) is 8.91. The zero-order valence-electron chi connectivity index (χ0n) is 61.6. The van der Waals surface area contributed by atoms with Gasteiger partial charge < -0.3 is 21.3 Å². The maximum atomic E-state index is 9.83. The van der Waals surface area contributed by atoms with Crippen molar-refractivity contribution in [1.29, 1.82) is 21.0 Å². The molecule has 0 saturated carbocycles. The van der Waals surface area contributed by atoms with Crippen LogP contribution >= 0.6 is 80.3 Å². The van der Waals surface area contributed by atoms with Gasteiger partial charge in [0.25, 0.3) is 0 Å². The van der Waals surface area contributed by atoms with Gasteiger partial charge in [-0.25, -0.2) is 39.9 Å². The lowest BCUT2D eigenvalue weighted by Gasteiger charge is -2.08. The molecule has 8 aromatic carbocycles. The largest absolute Gasteiger partial charge is 0.324 e. The van der Waals surface area contributed by atoms with E-state index in [1.807, 2.05) is 221 Å². The lowest BCUT2D eigenvalue weighted by molar-refractivity contribution is 1.17. The molecule has 0 saturated heterocycles. The number of aryl methyl sites for hydroxylation is 5. The lowest BCUT2D eigenvalue weighted by Crippen LogP contribution is -1.97. The van der Waals surface area contributed by atoms with Crippen LogP contribution in [-0.2, 0) is 0 Å². The van der Waals surface area contributed by atoms with Gasteiger partial charge in [0.2, 0.25) is 23.8 Å². The van der Waals surface area contributed by atoms with Gasteiger partial charge >= 0.3 is 0 Å². The molecule has 16 nitrogen and oxygen atoms in total. The zero-order chi connectivity index (χ0) is 78.7. The first-order chi connectivity index (χ1) is 55.1. The molecule has 0 radical (unpaired) electrons. The smallest absolute Gasteiger partial charge is 0.227 e. The molecule has 16 aromatic rings. The number of thioether (sulfide) groups is 1. The Labute approximate surface area is 685 Å². The van der Waals surface area contributed by atoms with Crippen LogP contribution in [0.5, 0.6) is 0 Å². The van der Waals surface area contributed by atoms with Crippen LogP contribution < -0.4 is 21.3 Å². The van der Waals surface area contributed by atoms with Gasteiger partial charge in [0.05, 0.1) is 68.7 Å². The summed E-state index contributed by atoms with van der Waals surface area (Å²) in [4.78, 5) is 42.9. The number of aromatic nitrogens is 8. The number of thiophene rings is 4. The number of hydrogen-bond acceptors (Lipinski definition) is 21. The molecule has 0 fully saturated rings. The number of para-hydroxylation sites is 4. The molecule has 0 spiro atoms.